The first kappa shape index (κ1) is 18.2. The van der Waals surface area contributed by atoms with Crippen molar-refractivity contribution in [3.8, 4) is 0 Å². The molecule has 2 amide bonds. The largest absolute Gasteiger partial charge is 0.467 e. The predicted molar refractivity (Wildman–Crippen MR) is 96.4 cm³/mol. The molecule has 0 unspecified atom stereocenters. The number of furan rings is 1. The Morgan fingerprint density at radius 2 is 2.19 bits per heavy atom. The van der Waals surface area contributed by atoms with E-state index in [4.69, 9.17) is 9.15 Å². The lowest BCUT2D eigenvalue weighted by Crippen LogP contribution is -2.26. The minimum Gasteiger partial charge on any atom is -0.467 e. The summed E-state index contributed by atoms with van der Waals surface area (Å²) in [7, 11) is 0. The van der Waals surface area contributed by atoms with Gasteiger partial charge in [0.05, 0.1) is 6.26 Å². The van der Waals surface area contributed by atoms with Crippen molar-refractivity contribution in [2.75, 3.05) is 19.7 Å². The Hall–Kier alpha value is -2.60. The number of rotatable bonds is 9. The maximum atomic E-state index is 12.3. The van der Waals surface area contributed by atoms with E-state index >= 15 is 0 Å². The maximum Gasteiger partial charge on any atom is 0.251 e. The summed E-state index contributed by atoms with van der Waals surface area (Å²) < 4.78 is 10.7. The van der Waals surface area contributed by atoms with Gasteiger partial charge in [0.25, 0.3) is 5.91 Å². The van der Waals surface area contributed by atoms with Crippen LogP contribution < -0.4 is 5.32 Å². The molecule has 3 rings (SSSR count). The normalized spacial score (nSPS) is 14.0. The topological polar surface area (TPSA) is 71.8 Å². The number of hydrogen-bond donors (Lipinski definition) is 1. The van der Waals surface area contributed by atoms with Crippen LogP contribution >= 0.6 is 0 Å². The number of hydrogen-bond acceptors (Lipinski definition) is 4. The van der Waals surface area contributed by atoms with Gasteiger partial charge in [-0.05, 0) is 42.7 Å². The van der Waals surface area contributed by atoms with Crippen LogP contribution in [0, 0.1) is 0 Å². The van der Waals surface area contributed by atoms with Gasteiger partial charge in [0.15, 0.2) is 0 Å². The highest BCUT2D eigenvalue weighted by molar-refractivity contribution is 5.94. The van der Waals surface area contributed by atoms with E-state index in [0.29, 0.717) is 38.3 Å². The second-order valence-corrected chi connectivity index (χ2v) is 6.36. The summed E-state index contributed by atoms with van der Waals surface area (Å²) in [6.45, 7) is 2.91. The molecular weight excluding hydrogens is 332 g/mol. The Morgan fingerprint density at radius 1 is 1.27 bits per heavy atom. The molecule has 2 aromatic rings. The number of likely N-dealkylation sites (tertiary alicyclic amines) is 1. The summed E-state index contributed by atoms with van der Waals surface area (Å²) in [5.41, 5.74) is 1.60. The Balaban J connectivity index is 1.38. The van der Waals surface area contributed by atoms with Gasteiger partial charge in [-0.1, -0.05) is 12.1 Å². The molecule has 0 atom stereocenters. The van der Waals surface area contributed by atoms with Crippen LogP contribution in [0.5, 0.6) is 0 Å². The van der Waals surface area contributed by atoms with Gasteiger partial charge >= 0.3 is 0 Å². The summed E-state index contributed by atoms with van der Waals surface area (Å²) in [4.78, 5) is 25.8. The molecule has 138 valence electrons. The average molecular weight is 356 g/mol. The standard InChI is InChI=1S/C20H24N2O4/c23-19-8-2-10-22(19)14-16-5-1-6-17(13-16)20(24)21-9-4-11-25-15-18-7-3-12-26-18/h1,3,5-7,12-13H,2,4,8-11,14-15H2,(H,21,24). The van der Waals surface area contributed by atoms with Crippen molar-refractivity contribution in [1.82, 2.24) is 10.2 Å². The van der Waals surface area contributed by atoms with Crippen molar-refractivity contribution in [2.45, 2.75) is 32.4 Å². The highest BCUT2D eigenvalue weighted by Gasteiger charge is 2.20. The van der Waals surface area contributed by atoms with Crippen LogP contribution in [0.3, 0.4) is 0 Å². The van der Waals surface area contributed by atoms with Gasteiger partial charge < -0.3 is 19.4 Å². The molecule has 1 aromatic carbocycles. The van der Waals surface area contributed by atoms with Gasteiger partial charge in [-0.2, -0.15) is 0 Å². The molecule has 0 aliphatic carbocycles. The summed E-state index contributed by atoms with van der Waals surface area (Å²) in [5, 5.41) is 2.90. The van der Waals surface area contributed by atoms with Gasteiger partial charge in [0.2, 0.25) is 5.91 Å². The Kier molecular flexibility index (Phi) is 6.44. The quantitative estimate of drug-likeness (QED) is 0.701. The first-order valence-electron chi connectivity index (χ1n) is 8.97. The van der Waals surface area contributed by atoms with Gasteiger partial charge in [0.1, 0.15) is 12.4 Å². The zero-order valence-electron chi connectivity index (χ0n) is 14.8. The van der Waals surface area contributed by atoms with E-state index in [0.717, 1.165) is 30.7 Å². The van der Waals surface area contributed by atoms with E-state index in [1.54, 1.807) is 12.3 Å². The number of nitrogens with one attached hydrogen (secondary N) is 1. The van der Waals surface area contributed by atoms with Crippen LogP contribution in [-0.4, -0.2) is 36.4 Å². The molecule has 1 aliphatic rings. The van der Waals surface area contributed by atoms with Crippen LogP contribution in [0.2, 0.25) is 0 Å². The van der Waals surface area contributed by atoms with Crippen LogP contribution in [0.15, 0.2) is 47.1 Å². The van der Waals surface area contributed by atoms with Crippen molar-refractivity contribution < 1.29 is 18.7 Å². The molecule has 1 N–H and O–H groups in total. The molecule has 1 saturated heterocycles. The predicted octanol–water partition coefficient (Wildman–Crippen LogP) is 2.74. The van der Waals surface area contributed by atoms with Gasteiger partial charge in [0, 0.05) is 38.2 Å². The number of amides is 2. The number of nitrogens with zero attached hydrogens (tertiary/aromatic N) is 1. The number of benzene rings is 1. The molecule has 0 bridgehead atoms. The molecule has 0 radical (unpaired) electrons. The van der Waals surface area contributed by atoms with Crippen molar-refractivity contribution >= 4 is 11.8 Å². The van der Waals surface area contributed by atoms with E-state index in [1.165, 1.54) is 0 Å². The van der Waals surface area contributed by atoms with Crippen LogP contribution in [0.25, 0.3) is 0 Å². The molecule has 26 heavy (non-hydrogen) atoms. The Bertz CT molecular complexity index is 727. The molecule has 1 aliphatic heterocycles. The third kappa shape index (κ3) is 5.20. The fourth-order valence-electron chi connectivity index (χ4n) is 2.95. The SMILES string of the molecule is O=C(NCCCOCc1ccco1)c1cccc(CN2CCCC2=O)c1. The van der Waals surface area contributed by atoms with Gasteiger partial charge in [-0.3, -0.25) is 9.59 Å². The average Bonchev–Trinajstić information content (AvgIpc) is 3.30. The summed E-state index contributed by atoms with van der Waals surface area (Å²) in [6, 6.07) is 11.1. The lowest BCUT2D eigenvalue weighted by Gasteiger charge is -2.16. The van der Waals surface area contributed by atoms with E-state index in [-0.39, 0.29) is 11.8 Å². The van der Waals surface area contributed by atoms with Gasteiger partial charge in [-0.25, -0.2) is 0 Å². The second kappa shape index (κ2) is 9.20. The van der Waals surface area contributed by atoms with Crippen molar-refractivity contribution in [3.05, 3.63) is 59.5 Å². The van der Waals surface area contributed by atoms with E-state index in [1.807, 2.05) is 35.2 Å². The summed E-state index contributed by atoms with van der Waals surface area (Å²) in [5.74, 6) is 0.877. The zero-order chi connectivity index (χ0) is 18.2. The fourth-order valence-corrected chi connectivity index (χ4v) is 2.95. The summed E-state index contributed by atoms with van der Waals surface area (Å²) in [6.07, 6.45) is 3.89. The molecule has 1 aromatic heterocycles. The molecule has 0 spiro atoms. The first-order chi connectivity index (χ1) is 12.7. The van der Waals surface area contributed by atoms with Crippen LogP contribution in [-0.2, 0) is 22.7 Å². The third-order valence-electron chi connectivity index (χ3n) is 4.31. The summed E-state index contributed by atoms with van der Waals surface area (Å²) >= 11 is 0. The lowest BCUT2D eigenvalue weighted by atomic mass is 10.1. The minimum absolute atomic E-state index is 0.106. The van der Waals surface area contributed by atoms with E-state index in [2.05, 4.69) is 5.32 Å². The van der Waals surface area contributed by atoms with Gasteiger partial charge in [-0.15, -0.1) is 0 Å². The van der Waals surface area contributed by atoms with Crippen LogP contribution in [0.4, 0.5) is 0 Å². The molecular formula is C20H24N2O4. The van der Waals surface area contributed by atoms with E-state index in [9.17, 15) is 9.59 Å². The number of ether oxygens (including phenoxy) is 1. The number of carbonyl (C=O) groups excluding carboxylic acids is 2. The minimum atomic E-state index is -0.106. The fraction of sp³-hybridized carbons (Fsp3) is 0.400. The Morgan fingerprint density at radius 3 is 2.96 bits per heavy atom. The monoisotopic (exact) mass is 356 g/mol. The maximum absolute atomic E-state index is 12.3. The second-order valence-electron chi connectivity index (χ2n) is 6.36. The zero-order valence-corrected chi connectivity index (χ0v) is 14.8. The van der Waals surface area contributed by atoms with Crippen molar-refractivity contribution in [2.24, 2.45) is 0 Å². The smallest absolute Gasteiger partial charge is 0.251 e. The third-order valence-corrected chi connectivity index (χ3v) is 4.31. The molecule has 1 fully saturated rings. The molecule has 2 heterocycles. The molecule has 6 heteroatoms. The Labute approximate surface area is 153 Å². The van der Waals surface area contributed by atoms with E-state index < -0.39 is 0 Å². The molecule has 0 saturated carbocycles. The van der Waals surface area contributed by atoms with Crippen molar-refractivity contribution in [3.63, 3.8) is 0 Å². The number of carbonyl (C=O) groups is 2. The van der Waals surface area contributed by atoms with Crippen molar-refractivity contribution in [1.29, 1.82) is 0 Å². The highest BCUT2D eigenvalue weighted by Crippen LogP contribution is 2.15. The molecule has 6 nitrogen and oxygen atoms in total. The first-order valence-corrected chi connectivity index (χ1v) is 8.97. The lowest BCUT2D eigenvalue weighted by molar-refractivity contribution is -0.128. The highest BCUT2D eigenvalue weighted by atomic mass is 16.5. The van der Waals surface area contributed by atoms with Crippen LogP contribution in [0.1, 0.15) is 40.9 Å².